The van der Waals surface area contributed by atoms with Crippen LogP contribution in [-0.2, 0) is 19.1 Å². The molecule has 0 rings (SSSR count). The maximum absolute atomic E-state index is 11.2. The minimum Gasteiger partial charge on any atom is -0.465 e. The van der Waals surface area contributed by atoms with E-state index in [2.05, 4.69) is 9.47 Å². The monoisotopic (exact) mass is 236 g/mol. The normalized spacial score (nSPS) is 11.7. The first kappa shape index (κ1) is 13.4. The first-order valence-electron chi connectivity index (χ1n) is 3.61. The Morgan fingerprint density at radius 3 is 1.29 bits per heavy atom. The van der Waals surface area contributed by atoms with Gasteiger partial charge in [0.25, 0.3) is 0 Å². The molecule has 0 aromatic heterocycles. The fourth-order valence-corrected chi connectivity index (χ4v) is 2.26. The number of hydrogen-bond acceptors (Lipinski definition) is 6. The molecular formula is C8H12O4S2. The molecule has 80 valence electrons. The van der Waals surface area contributed by atoms with Crippen LogP contribution >= 0.6 is 23.5 Å². The van der Waals surface area contributed by atoms with Crippen LogP contribution in [0.1, 0.15) is 0 Å². The summed E-state index contributed by atoms with van der Waals surface area (Å²) in [6.07, 6.45) is 3.40. The fraction of sp³-hybridized carbons (Fsp3) is 0.500. The van der Waals surface area contributed by atoms with Gasteiger partial charge in [-0.05, 0) is 12.5 Å². The Kier molecular flexibility index (Phi) is 6.48. The van der Waals surface area contributed by atoms with Gasteiger partial charge in [-0.1, -0.05) is 0 Å². The first-order valence-corrected chi connectivity index (χ1v) is 6.06. The average molecular weight is 236 g/mol. The van der Waals surface area contributed by atoms with Gasteiger partial charge in [0.1, 0.15) is 9.81 Å². The third-order valence-electron chi connectivity index (χ3n) is 1.36. The molecule has 0 aromatic rings. The number of esters is 2. The largest absolute Gasteiger partial charge is 0.465 e. The fourth-order valence-electron chi connectivity index (χ4n) is 0.723. The summed E-state index contributed by atoms with van der Waals surface area (Å²) in [7, 11) is 2.54. The van der Waals surface area contributed by atoms with Crippen LogP contribution in [0.25, 0.3) is 0 Å². The molecule has 0 aliphatic rings. The third kappa shape index (κ3) is 3.26. The number of ether oxygens (including phenoxy) is 2. The zero-order chi connectivity index (χ0) is 11.1. The van der Waals surface area contributed by atoms with Crippen LogP contribution in [0, 0.1) is 0 Å². The van der Waals surface area contributed by atoms with Gasteiger partial charge in [-0.2, -0.15) is 0 Å². The van der Waals surface area contributed by atoms with Gasteiger partial charge in [-0.15, -0.1) is 23.5 Å². The minimum absolute atomic E-state index is 0.270. The smallest absolute Gasteiger partial charge is 0.345 e. The Morgan fingerprint density at radius 2 is 1.14 bits per heavy atom. The molecule has 0 saturated carbocycles. The van der Waals surface area contributed by atoms with Gasteiger partial charge in [-0.25, -0.2) is 9.59 Å². The van der Waals surface area contributed by atoms with Gasteiger partial charge >= 0.3 is 11.9 Å². The summed E-state index contributed by atoms with van der Waals surface area (Å²) in [6.45, 7) is 0. The van der Waals surface area contributed by atoms with Crippen molar-refractivity contribution in [3.8, 4) is 0 Å². The Hall–Kier alpha value is -0.620. The van der Waals surface area contributed by atoms with Crippen LogP contribution in [0.2, 0.25) is 0 Å². The molecule has 0 fully saturated rings. The van der Waals surface area contributed by atoms with Crippen LogP contribution in [0.3, 0.4) is 0 Å². The first-order chi connectivity index (χ1) is 6.62. The third-order valence-corrected chi connectivity index (χ3v) is 3.04. The maximum Gasteiger partial charge on any atom is 0.345 e. The summed E-state index contributed by atoms with van der Waals surface area (Å²) in [4.78, 5) is 23.0. The van der Waals surface area contributed by atoms with Gasteiger partial charge in [0.05, 0.1) is 14.2 Å². The number of hydrogen-bond donors (Lipinski definition) is 0. The van der Waals surface area contributed by atoms with Gasteiger partial charge in [0, 0.05) is 0 Å². The predicted octanol–water partition coefficient (Wildman–Crippen LogP) is 1.27. The standard InChI is InChI=1S/C8H12O4S2/c1-11-7(9)5(13-3)6(14-4)8(10)12-2/h1-4H3. The number of carbonyl (C=O) groups is 2. The molecule has 0 bridgehead atoms. The van der Waals surface area contributed by atoms with Crippen LogP contribution in [0.4, 0.5) is 0 Å². The molecule has 0 atom stereocenters. The van der Waals surface area contributed by atoms with Crippen molar-refractivity contribution in [3.05, 3.63) is 9.81 Å². The average Bonchev–Trinajstić information content (AvgIpc) is 2.23. The highest BCUT2D eigenvalue weighted by Gasteiger charge is 2.20. The maximum atomic E-state index is 11.2. The SMILES string of the molecule is COC(=O)C(SC)=C(SC)C(=O)OC. The van der Waals surface area contributed by atoms with Crippen LogP contribution in [0.15, 0.2) is 9.81 Å². The number of thioether (sulfide) groups is 2. The van der Waals surface area contributed by atoms with Crippen molar-refractivity contribution < 1.29 is 19.1 Å². The molecule has 0 spiro atoms. The van der Waals surface area contributed by atoms with Crippen molar-refractivity contribution in [2.45, 2.75) is 0 Å². The van der Waals surface area contributed by atoms with E-state index in [0.29, 0.717) is 0 Å². The molecule has 0 aliphatic heterocycles. The van der Waals surface area contributed by atoms with Crippen LogP contribution < -0.4 is 0 Å². The van der Waals surface area contributed by atoms with E-state index in [9.17, 15) is 9.59 Å². The second kappa shape index (κ2) is 6.78. The van der Waals surface area contributed by atoms with Crippen molar-refractivity contribution >= 4 is 35.5 Å². The van der Waals surface area contributed by atoms with Crippen molar-refractivity contribution in [1.29, 1.82) is 0 Å². The lowest BCUT2D eigenvalue weighted by Crippen LogP contribution is -2.10. The molecule has 0 unspecified atom stereocenters. The van der Waals surface area contributed by atoms with E-state index in [-0.39, 0.29) is 9.81 Å². The van der Waals surface area contributed by atoms with E-state index >= 15 is 0 Å². The number of rotatable bonds is 4. The highest BCUT2D eigenvalue weighted by Crippen LogP contribution is 2.26. The molecule has 4 nitrogen and oxygen atoms in total. The molecule has 0 N–H and O–H groups in total. The highest BCUT2D eigenvalue weighted by atomic mass is 32.2. The van der Waals surface area contributed by atoms with Gasteiger partial charge in [0.2, 0.25) is 0 Å². The number of methoxy groups -OCH3 is 2. The number of carbonyl (C=O) groups excluding carboxylic acids is 2. The van der Waals surface area contributed by atoms with E-state index in [1.54, 1.807) is 12.5 Å². The summed E-state index contributed by atoms with van der Waals surface area (Å²) < 4.78 is 9.08. The molecule has 0 heterocycles. The second-order valence-corrected chi connectivity index (χ2v) is 3.68. The summed E-state index contributed by atoms with van der Waals surface area (Å²) in [5.74, 6) is -1.04. The van der Waals surface area contributed by atoms with E-state index in [1.165, 1.54) is 14.2 Å². The molecule has 0 aliphatic carbocycles. The molecule has 0 saturated heterocycles. The zero-order valence-corrected chi connectivity index (χ0v) is 10.1. The Labute approximate surface area is 91.4 Å². The summed E-state index contributed by atoms with van der Waals surface area (Å²) in [5, 5.41) is 0. The molecular weight excluding hydrogens is 224 g/mol. The lowest BCUT2D eigenvalue weighted by Gasteiger charge is -2.07. The van der Waals surface area contributed by atoms with Crippen LogP contribution in [-0.4, -0.2) is 38.7 Å². The van der Waals surface area contributed by atoms with Gasteiger partial charge in [0.15, 0.2) is 0 Å². The van der Waals surface area contributed by atoms with E-state index in [4.69, 9.17) is 0 Å². The van der Waals surface area contributed by atoms with Gasteiger partial charge < -0.3 is 9.47 Å². The zero-order valence-electron chi connectivity index (χ0n) is 8.45. The molecule has 0 aromatic carbocycles. The summed E-state index contributed by atoms with van der Waals surface area (Å²) in [6, 6.07) is 0. The topological polar surface area (TPSA) is 52.6 Å². The van der Waals surface area contributed by atoms with Crippen molar-refractivity contribution in [3.63, 3.8) is 0 Å². The Morgan fingerprint density at radius 1 is 0.857 bits per heavy atom. The summed E-state index contributed by atoms with van der Waals surface area (Å²) in [5.41, 5.74) is 0. The van der Waals surface area contributed by atoms with Crippen molar-refractivity contribution in [2.24, 2.45) is 0 Å². The lowest BCUT2D eigenvalue weighted by molar-refractivity contribution is -0.138. The highest BCUT2D eigenvalue weighted by molar-refractivity contribution is 8.07. The van der Waals surface area contributed by atoms with E-state index < -0.39 is 11.9 Å². The van der Waals surface area contributed by atoms with Gasteiger partial charge in [-0.3, -0.25) is 0 Å². The molecule has 0 amide bonds. The van der Waals surface area contributed by atoms with Crippen molar-refractivity contribution in [1.82, 2.24) is 0 Å². The molecule has 0 radical (unpaired) electrons. The quantitative estimate of drug-likeness (QED) is 0.541. The van der Waals surface area contributed by atoms with E-state index in [1.807, 2.05) is 0 Å². The predicted molar refractivity (Wildman–Crippen MR) is 58.1 cm³/mol. The Balaban J connectivity index is 5.11. The molecule has 14 heavy (non-hydrogen) atoms. The minimum atomic E-state index is -0.521. The van der Waals surface area contributed by atoms with Crippen LogP contribution in [0.5, 0.6) is 0 Å². The Bertz CT molecular complexity index is 234. The van der Waals surface area contributed by atoms with E-state index in [0.717, 1.165) is 23.5 Å². The van der Waals surface area contributed by atoms with Crippen molar-refractivity contribution in [2.75, 3.05) is 26.7 Å². The lowest BCUT2D eigenvalue weighted by atomic mass is 10.5. The second-order valence-electron chi connectivity index (χ2n) is 2.05. The molecule has 6 heteroatoms. The summed E-state index contributed by atoms with van der Waals surface area (Å²) >= 11 is 2.32.